The third-order valence-corrected chi connectivity index (χ3v) is 11.4. The summed E-state index contributed by atoms with van der Waals surface area (Å²) in [5.41, 5.74) is 0. The lowest BCUT2D eigenvalue weighted by Gasteiger charge is -2.40. The first-order valence-corrected chi connectivity index (χ1v) is 26.9. The van der Waals surface area contributed by atoms with Gasteiger partial charge in [-0.05, 0) is 83.5 Å². The molecule has 6 atom stereocenters. The Morgan fingerprint density at radius 2 is 0.915 bits per heavy atom. The number of aliphatic hydroxyl groups excluding tert-OH is 2. The lowest BCUT2D eigenvalue weighted by molar-refractivity contribution is -0.301. The Balaban J connectivity index is 2.79. The molecular formula is C59H92O12. The second kappa shape index (κ2) is 46.5. The first-order valence-electron chi connectivity index (χ1n) is 26.9. The molecule has 1 rings (SSSR count). The number of allylic oxidation sites excluding steroid dienone is 18. The number of hydrogen-bond donors (Lipinski definition) is 3. The molecule has 1 saturated heterocycles. The molecule has 3 N–H and O–H groups in total. The van der Waals surface area contributed by atoms with Crippen LogP contribution in [0.15, 0.2) is 109 Å². The maximum atomic E-state index is 13.1. The predicted molar refractivity (Wildman–Crippen MR) is 284 cm³/mol. The number of ether oxygens (including phenoxy) is 5. The second-order valence-electron chi connectivity index (χ2n) is 17.8. The van der Waals surface area contributed by atoms with Crippen LogP contribution in [-0.4, -0.2) is 89.2 Å². The van der Waals surface area contributed by atoms with E-state index in [0.717, 1.165) is 70.6 Å². The van der Waals surface area contributed by atoms with Gasteiger partial charge in [0.1, 0.15) is 18.8 Å². The van der Waals surface area contributed by atoms with Crippen molar-refractivity contribution in [2.75, 3.05) is 13.2 Å². The highest BCUT2D eigenvalue weighted by Crippen LogP contribution is 2.26. The first-order chi connectivity index (χ1) is 34.6. The zero-order valence-corrected chi connectivity index (χ0v) is 43.7. The quantitative estimate of drug-likeness (QED) is 0.0229. The van der Waals surface area contributed by atoms with Gasteiger partial charge in [-0.2, -0.15) is 0 Å². The summed E-state index contributed by atoms with van der Waals surface area (Å²) < 4.78 is 28.1. The molecule has 0 saturated carbocycles. The Morgan fingerprint density at radius 1 is 0.479 bits per heavy atom. The maximum absolute atomic E-state index is 13.1. The normalized spacial score (nSPS) is 19.4. The van der Waals surface area contributed by atoms with Crippen molar-refractivity contribution >= 4 is 23.9 Å². The van der Waals surface area contributed by atoms with Crippen molar-refractivity contribution in [1.82, 2.24) is 0 Å². The van der Waals surface area contributed by atoms with Gasteiger partial charge in [-0.25, -0.2) is 4.79 Å². The summed E-state index contributed by atoms with van der Waals surface area (Å²) in [5.74, 6) is -3.32. The van der Waals surface area contributed by atoms with E-state index in [1.807, 2.05) is 24.3 Å². The van der Waals surface area contributed by atoms with Crippen molar-refractivity contribution in [2.45, 2.75) is 225 Å². The van der Waals surface area contributed by atoms with Crippen molar-refractivity contribution in [1.29, 1.82) is 0 Å². The Kier molecular flexibility index (Phi) is 42.1. The summed E-state index contributed by atoms with van der Waals surface area (Å²) in [7, 11) is 0. The number of hydrogen-bond acceptors (Lipinski definition) is 11. The molecule has 0 radical (unpaired) electrons. The van der Waals surface area contributed by atoms with Crippen LogP contribution < -0.4 is 0 Å². The lowest BCUT2D eigenvalue weighted by atomic mass is 9.98. The topological polar surface area (TPSA) is 175 Å². The molecule has 0 aliphatic carbocycles. The molecule has 12 heteroatoms. The molecule has 12 nitrogen and oxygen atoms in total. The molecule has 6 unspecified atom stereocenters. The van der Waals surface area contributed by atoms with Gasteiger partial charge < -0.3 is 39.0 Å². The first kappa shape index (κ1) is 64.4. The third-order valence-electron chi connectivity index (χ3n) is 11.4. The fourth-order valence-corrected chi connectivity index (χ4v) is 7.30. The van der Waals surface area contributed by atoms with Crippen molar-refractivity contribution in [3.05, 3.63) is 109 Å². The van der Waals surface area contributed by atoms with Gasteiger partial charge in [0, 0.05) is 19.3 Å². The average molecular weight is 993 g/mol. The molecule has 1 fully saturated rings. The van der Waals surface area contributed by atoms with Crippen LogP contribution in [-0.2, 0) is 42.9 Å². The van der Waals surface area contributed by atoms with Gasteiger partial charge in [0.05, 0.1) is 6.61 Å². The molecule has 71 heavy (non-hydrogen) atoms. The molecular weight excluding hydrogens is 901 g/mol. The van der Waals surface area contributed by atoms with Gasteiger partial charge in [-0.1, -0.05) is 194 Å². The highest BCUT2D eigenvalue weighted by Gasteiger charge is 2.50. The van der Waals surface area contributed by atoms with Crippen molar-refractivity contribution in [3.8, 4) is 0 Å². The van der Waals surface area contributed by atoms with Crippen LogP contribution in [0.3, 0.4) is 0 Å². The molecule has 400 valence electrons. The third kappa shape index (κ3) is 36.9. The zero-order valence-electron chi connectivity index (χ0n) is 43.7. The monoisotopic (exact) mass is 993 g/mol. The summed E-state index contributed by atoms with van der Waals surface area (Å²) in [4.78, 5) is 50.8. The fraction of sp³-hybridized carbons (Fsp3) is 0.627. The van der Waals surface area contributed by atoms with E-state index in [1.54, 1.807) is 0 Å². The van der Waals surface area contributed by atoms with Gasteiger partial charge in [-0.3, -0.25) is 14.4 Å². The lowest BCUT2D eigenvalue weighted by Crippen LogP contribution is -2.61. The number of carboxylic acids is 1. The Labute approximate surface area is 427 Å². The van der Waals surface area contributed by atoms with Gasteiger partial charge >= 0.3 is 23.9 Å². The molecule has 0 bridgehead atoms. The summed E-state index contributed by atoms with van der Waals surface area (Å²) in [6.45, 7) is 5.63. The highest BCUT2D eigenvalue weighted by atomic mass is 16.7. The van der Waals surface area contributed by atoms with Crippen molar-refractivity contribution < 1.29 is 58.2 Å². The van der Waals surface area contributed by atoms with Gasteiger partial charge in [-0.15, -0.1) is 0 Å². The summed E-state index contributed by atoms with van der Waals surface area (Å²) in [6.07, 6.45) is 49.6. The van der Waals surface area contributed by atoms with Crippen LogP contribution in [0.1, 0.15) is 188 Å². The summed E-state index contributed by atoms with van der Waals surface area (Å²) >= 11 is 0. The van der Waals surface area contributed by atoms with Gasteiger partial charge in [0.25, 0.3) is 0 Å². The van der Waals surface area contributed by atoms with E-state index in [2.05, 4.69) is 106 Å². The van der Waals surface area contributed by atoms with E-state index in [1.165, 1.54) is 44.9 Å². The van der Waals surface area contributed by atoms with Crippen LogP contribution in [0.25, 0.3) is 0 Å². The van der Waals surface area contributed by atoms with E-state index < -0.39 is 67.3 Å². The van der Waals surface area contributed by atoms with Crippen molar-refractivity contribution in [3.63, 3.8) is 0 Å². The molecule has 1 heterocycles. The number of carbonyl (C=O) groups excluding carboxylic acids is 3. The SMILES string of the molecule is CC/C=C\C/C=C\C/C=C\C/C=C\C/C=C\CCCC(=O)OCC(COC1OC(C(=O)O)C(O)C(O)C1OC(=O)CC/C=C\C/C=C\C/C=C\C/C=C\CC)OC(=O)CCCCCCCCCCCCC. The standard InChI is InChI=1S/C59H92O12/c1-4-7-10-13-16-19-22-24-25-26-27-29-31-33-36-39-42-45-51(60)67-48-50(69-52(61)46-43-40-37-34-30-21-18-15-12-9-6-3)49-68-59-57(55(64)54(63)56(71-59)58(65)66)70-53(62)47-44-41-38-35-32-28-23-20-17-14-11-8-5-2/h7-8,10-11,16-17,19-20,24-25,27-29,32-33,36,38,41,50,54-57,59,63-64H,4-6,9,12-15,18,21-23,26,30-31,34-35,37,39-40,42-49H2,1-3H3,(H,65,66)/b10-7-,11-8-,19-16-,20-17-,25-24-,29-27-,32-28-,36-33-,41-38-. The number of rotatable bonds is 43. The predicted octanol–water partition coefficient (Wildman–Crippen LogP) is 13.1. The second-order valence-corrected chi connectivity index (χ2v) is 17.8. The number of aliphatic carboxylic acids is 1. The number of carboxylic acid groups (broad SMARTS) is 1. The van der Waals surface area contributed by atoms with E-state index in [-0.39, 0.29) is 25.9 Å². The van der Waals surface area contributed by atoms with Crippen LogP contribution >= 0.6 is 0 Å². The Bertz CT molecular complexity index is 1650. The van der Waals surface area contributed by atoms with E-state index in [0.29, 0.717) is 32.1 Å². The van der Waals surface area contributed by atoms with Crippen LogP contribution in [0.2, 0.25) is 0 Å². The van der Waals surface area contributed by atoms with Crippen LogP contribution in [0.4, 0.5) is 0 Å². The van der Waals surface area contributed by atoms with Gasteiger partial charge in [0.2, 0.25) is 0 Å². The number of esters is 3. The smallest absolute Gasteiger partial charge is 0.335 e. The minimum absolute atomic E-state index is 0.0705. The van der Waals surface area contributed by atoms with Crippen LogP contribution in [0, 0.1) is 0 Å². The summed E-state index contributed by atoms with van der Waals surface area (Å²) in [5, 5.41) is 31.3. The highest BCUT2D eigenvalue weighted by molar-refractivity contribution is 5.74. The number of carbonyl (C=O) groups is 4. The number of unbranched alkanes of at least 4 members (excludes halogenated alkanes) is 11. The molecule has 1 aliphatic rings. The zero-order chi connectivity index (χ0) is 51.8. The largest absolute Gasteiger partial charge is 0.479 e. The van der Waals surface area contributed by atoms with E-state index in [9.17, 15) is 34.5 Å². The van der Waals surface area contributed by atoms with Gasteiger partial charge in [0.15, 0.2) is 24.6 Å². The average Bonchev–Trinajstić information content (AvgIpc) is 3.35. The Morgan fingerprint density at radius 3 is 1.39 bits per heavy atom. The maximum Gasteiger partial charge on any atom is 0.335 e. The minimum Gasteiger partial charge on any atom is -0.479 e. The van der Waals surface area contributed by atoms with E-state index in [4.69, 9.17) is 23.7 Å². The number of aliphatic hydroxyl groups is 2. The molecule has 0 aromatic carbocycles. The molecule has 0 aromatic heterocycles. The fourth-order valence-electron chi connectivity index (χ4n) is 7.30. The minimum atomic E-state index is -1.94. The Hall–Kier alpha value is -4.62. The molecule has 0 amide bonds. The molecule has 0 aromatic rings. The summed E-state index contributed by atoms with van der Waals surface area (Å²) in [6, 6.07) is 0. The molecule has 0 spiro atoms. The van der Waals surface area contributed by atoms with Crippen molar-refractivity contribution in [2.24, 2.45) is 0 Å². The molecule has 1 aliphatic heterocycles. The van der Waals surface area contributed by atoms with E-state index >= 15 is 0 Å². The van der Waals surface area contributed by atoms with Crippen LogP contribution in [0.5, 0.6) is 0 Å².